The van der Waals surface area contributed by atoms with E-state index in [2.05, 4.69) is 35.1 Å². The highest BCUT2D eigenvalue weighted by atomic mass is 16.5. The van der Waals surface area contributed by atoms with Gasteiger partial charge in [0.15, 0.2) is 11.5 Å². The molecule has 3 heterocycles. The molecule has 6 heteroatoms. The molecule has 1 amide bonds. The van der Waals surface area contributed by atoms with Crippen molar-refractivity contribution < 1.29 is 14.3 Å². The Bertz CT molecular complexity index is 873. The molecular weight excluding hydrogens is 366 g/mol. The van der Waals surface area contributed by atoms with Gasteiger partial charge in [-0.1, -0.05) is 36.4 Å². The van der Waals surface area contributed by atoms with Gasteiger partial charge in [0.2, 0.25) is 5.91 Å². The number of amides is 1. The number of hydrogen-bond acceptors (Lipinski definition) is 5. The summed E-state index contributed by atoms with van der Waals surface area (Å²) in [5.41, 5.74) is 8.86. The van der Waals surface area contributed by atoms with Crippen molar-refractivity contribution in [3.05, 3.63) is 59.7 Å². The molecule has 5 rings (SSSR count). The fourth-order valence-corrected chi connectivity index (χ4v) is 4.59. The molecule has 3 aliphatic rings. The van der Waals surface area contributed by atoms with Crippen molar-refractivity contribution >= 4 is 5.91 Å². The first-order valence-electron chi connectivity index (χ1n) is 10.6. The van der Waals surface area contributed by atoms with E-state index in [-0.39, 0.29) is 24.0 Å². The Morgan fingerprint density at radius 1 is 0.931 bits per heavy atom. The topological polar surface area (TPSA) is 62.8 Å². The first kappa shape index (κ1) is 18.5. The van der Waals surface area contributed by atoms with Gasteiger partial charge in [0.05, 0.1) is 19.3 Å². The Kier molecular flexibility index (Phi) is 5.12. The summed E-state index contributed by atoms with van der Waals surface area (Å²) in [6.07, 6.45) is 3.65. The summed E-state index contributed by atoms with van der Waals surface area (Å²) >= 11 is 0. The van der Waals surface area contributed by atoms with Crippen LogP contribution < -0.4 is 20.3 Å². The number of nitrogens with zero attached hydrogens (tertiary/aromatic N) is 1. The number of benzene rings is 2. The number of ether oxygens (including phenoxy) is 2. The van der Waals surface area contributed by atoms with Gasteiger partial charge in [-0.05, 0) is 42.5 Å². The van der Waals surface area contributed by atoms with Crippen molar-refractivity contribution in [2.45, 2.75) is 43.8 Å². The summed E-state index contributed by atoms with van der Waals surface area (Å²) in [6, 6.07) is 16.4. The SMILES string of the molecule is O=C(C1CC(c2ccccc2)NN1)N1CCCC1c1ccc2c(c1)OCCCO2. The summed E-state index contributed by atoms with van der Waals surface area (Å²) in [5, 5.41) is 0. The lowest BCUT2D eigenvalue weighted by Crippen LogP contribution is -2.45. The summed E-state index contributed by atoms with van der Waals surface area (Å²) in [5.74, 6) is 1.77. The fraction of sp³-hybridized carbons (Fsp3) is 0.435. The lowest BCUT2D eigenvalue weighted by Gasteiger charge is -2.28. The second-order valence-corrected chi connectivity index (χ2v) is 7.99. The van der Waals surface area contributed by atoms with Gasteiger partial charge in [-0.15, -0.1) is 0 Å². The Hall–Kier alpha value is -2.57. The van der Waals surface area contributed by atoms with E-state index in [0.717, 1.165) is 49.3 Å². The normalized spacial score (nSPS) is 26.3. The van der Waals surface area contributed by atoms with Crippen LogP contribution in [0.15, 0.2) is 48.5 Å². The Balaban J connectivity index is 1.31. The molecule has 2 fully saturated rings. The summed E-state index contributed by atoms with van der Waals surface area (Å²) in [6.45, 7) is 2.15. The van der Waals surface area contributed by atoms with Crippen molar-refractivity contribution in [3.8, 4) is 11.5 Å². The Labute approximate surface area is 171 Å². The third-order valence-corrected chi connectivity index (χ3v) is 6.10. The standard InChI is InChI=1S/C23H27N3O3/c27-23(19-15-18(24-25-19)16-6-2-1-3-7-16)26-11-4-8-20(26)17-9-10-21-22(14-17)29-13-5-12-28-21/h1-3,6-7,9-10,14,18-20,24-25H,4-5,8,11-13,15H2. The quantitative estimate of drug-likeness (QED) is 0.839. The van der Waals surface area contributed by atoms with Crippen molar-refractivity contribution in [1.29, 1.82) is 0 Å². The first-order chi connectivity index (χ1) is 14.3. The highest BCUT2D eigenvalue weighted by molar-refractivity contribution is 5.83. The van der Waals surface area contributed by atoms with Crippen LogP contribution in [0.3, 0.4) is 0 Å². The van der Waals surface area contributed by atoms with E-state index < -0.39 is 0 Å². The zero-order chi connectivity index (χ0) is 19.6. The lowest BCUT2D eigenvalue weighted by molar-refractivity contribution is -0.134. The lowest BCUT2D eigenvalue weighted by atomic mass is 10.00. The fourth-order valence-electron chi connectivity index (χ4n) is 4.59. The van der Waals surface area contributed by atoms with Gasteiger partial charge in [-0.2, -0.15) is 0 Å². The monoisotopic (exact) mass is 393 g/mol. The molecule has 6 nitrogen and oxygen atoms in total. The summed E-state index contributed by atoms with van der Waals surface area (Å²) in [4.78, 5) is 15.4. The smallest absolute Gasteiger partial charge is 0.241 e. The summed E-state index contributed by atoms with van der Waals surface area (Å²) < 4.78 is 11.6. The summed E-state index contributed by atoms with van der Waals surface area (Å²) in [7, 11) is 0. The number of likely N-dealkylation sites (tertiary alicyclic amines) is 1. The van der Waals surface area contributed by atoms with E-state index in [1.54, 1.807) is 0 Å². The van der Waals surface area contributed by atoms with E-state index >= 15 is 0 Å². The van der Waals surface area contributed by atoms with Gasteiger partial charge < -0.3 is 14.4 Å². The third kappa shape index (κ3) is 3.70. The van der Waals surface area contributed by atoms with E-state index in [9.17, 15) is 4.79 Å². The van der Waals surface area contributed by atoms with E-state index in [4.69, 9.17) is 9.47 Å². The van der Waals surface area contributed by atoms with Crippen LogP contribution in [-0.2, 0) is 4.79 Å². The van der Waals surface area contributed by atoms with Gasteiger partial charge in [0, 0.05) is 19.0 Å². The maximum absolute atomic E-state index is 13.3. The van der Waals surface area contributed by atoms with Crippen LogP contribution in [0, 0.1) is 0 Å². The molecule has 0 aliphatic carbocycles. The van der Waals surface area contributed by atoms with Crippen LogP contribution in [0.5, 0.6) is 11.5 Å². The number of hydrazine groups is 1. The molecule has 3 unspecified atom stereocenters. The Morgan fingerprint density at radius 3 is 2.62 bits per heavy atom. The van der Waals surface area contributed by atoms with Crippen molar-refractivity contribution in [3.63, 3.8) is 0 Å². The number of fused-ring (bicyclic) bond motifs is 1. The molecule has 2 aromatic carbocycles. The average Bonchev–Trinajstić information content (AvgIpc) is 3.39. The largest absolute Gasteiger partial charge is 0.490 e. The zero-order valence-electron chi connectivity index (χ0n) is 16.5. The number of nitrogens with one attached hydrogen (secondary N) is 2. The highest BCUT2D eigenvalue weighted by Gasteiger charge is 2.38. The zero-order valence-corrected chi connectivity index (χ0v) is 16.5. The van der Waals surface area contributed by atoms with E-state index in [1.165, 1.54) is 5.56 Å². The minimum Gasteiger partial charge on any atom is -0.490 e. The second kappa shape index (κ2) is 8.05. The second-order valence-electron chi connectivity index (χ2n) is 7.99. The highest BCUT2D eigenvalue weighted by Crippen LogP contribution is 2.38. The molecule has 3 atom stereocenters. The van der Waals surface area contributed by atoms with Crippen LogP contribution in [0.2, 0.25) is 0 Å². The van der Waals surface area contributed by atoms with Crippen LogP contribution in [0.4, 0.5) is 0 Å². The molecule has 3 aliphatic heterocycles. The number of rotatable bonds is 3. The third-order valence-electron chi connectivity index (χ3n) is 6.10. The van der Waals surface area contributed by atoms with Gasteiger partial charge in [0.1, 0.15) is 6.04 Å². The van der Waals surface area contributed by atoms with Gasteiger partial charge in [-0.25, -0.2) is 10.9 Å². The average molecular weight is 393 g/mol. The molecule has 0 radical (unpaired) electrons. The molecule has 29 heavy (non-hydrogen) atoms. The maximum atomic E-state index is 13.3. The predicted octanol–water partition coefficient (Wildman–Crippen LogP) is 3.12. The van der Waals surface area contributed by atoms with Crippen molar-refractivity contribution in [2.75, 3.05) is 19.8 Å². The molecule has 0 saturated carbocycles. The number of carbonyl (C=O) groups excluding carboxylic acids is 1. The molecule has 0 spiro atoms. The molecular formula is C23H27N3O3. The molecule has 0 bridgehead atoms. The molecule has 2 saturated heterocycles. The molecule has 0 aromatic heterocycles. The predicted molar refractivity (Wildman–Crippen MR) is 110 cm³/mol. The van der Waals surface area contributed by atoms with Crippen molar-refractivity contribution in [2.24, 2.45) is 0 Å². The van der Waals surface area contributed by atoms with E-state index in [0.29, 0.717) is 13.2 Å². The van der Waals surface area contributed by atoms with Crippen LogP contribution in [0.25, 0.3) is 0 Å². The molecule has 2 aromatic rings. The van der Waals surface area contributed by atoms with Crippen LogP contribution in [-0.4, -0.2) is 36.6 Å². The maximum Gasteiger partial charge on any atom is 0.241 e. The van der Waals surface area contributed by atoms with Crippen LogP contribution >= 0.6 is 0 Å². The van der Waals surface area contributed by atoms with Gasteiger partial charge in [-0.3, -0.25) is 4.79 Å². The molecule has 2 N–H and O–H groups in total. The first-order valence-corrected chi connectivity index (χ1v) is 10.6. The number of hydrogen-bond donors (Lipinski definition) is 2. The Morgan fingerprint density at radius 2 is 1.76 bits per heavy atom. The van der Waals surface area contributed by atoms with E-state index in [1.807, 2.05) is 29.2 Å². The molecule has 152 valence electrons. The van der Waals surface area contributed by atoms with Crippen molar-refractivity contribution in [1.82, 2.24) is 15.8 Å². The van der Waals surface area contributed by atoms with Crippen LogP contribution in [0.1, 0.15) is 48.9 Å². The minimum absolute atomic E-state index is 0.0947. The number of carbonyl (C=O) groups is 1. The van der Waals surface area contributed by atoms with Gasteiger partial charge in [0.25, 0.3) is 0 Å². The minimum atomic E-state index is -0.207. The van der Waals surface area contributed by atoms with Gasteiger partial charge >= 0.3 is 0 Å².